The number of ether oxygens (including phenoxy) is 3. The van der Waals surface area contributed by atoms with Crippen LogP contribution in [-0.4, -0.2) is 49.1 Å². The van der Waals surface area contributed by atoms with Gasteiger partial charge in [0.2, 0.25) is 0 Å². The van der Waals surface area contributed by atoms with E-state index in [0.29, 0.717) is 0 Å². The molecule has 31 heavy (non-hydrogen) atoms. The highest BCUT2D eigenvalue weighted by atomic mass is 19.4. The van der Waals surface area contributed by atoms with Crippen molar-refractivity contribution < 1.29 is 54.9 Å². The first-order valence-electron chi connectivity index (χ1n) is 9.62. The lowest BCUT2D eigenvalue weighted by Crippen LogP contribution is -2.51. The lowest BCUT2D eigenvalue weighted by molar-refractivity contribution is -0.218. The SMILES string of the molecule is CC(C)(C)C(C)(COC(=O)C(F)(F)F)C(=O)OC1C2CC3C1OC(=O)C3C2C(F)(F)F. The molecule has 0 N–H and O–H groups in total. The van der Waals surface area contributed by atoms with Crippen molar-refractivity contribution in [3.63, 3.8) is 0 Å². The molecule has 7 atom stereocenters. The van der Waals surface area contributed by atoms with Crippen molar-refractivity contribution in [2.24, 2.45) is 34.5 Å². The molecule has 3 fully saturated rings. The minimum atomic E-state index is -5.28. The molecule has 0 aromatic carbocycles. The minimum absolute atomic E-state index is 0.0154. The zero-order valence-corrected chi connectivity index (χ0v) is 17.1. The maximum atomic E-state index is 13.6. The molecule has 2 saturated carbocycles. The molecule has 1 heterocycles. The Balaban J connectivity index is 1.82. The molecule has 12 heteroatoms. The number of rotatable bonds is 4. The first-order valence-corrected chi connectivity index (χ1v) is 9.62. The molecular formula is C19H22F6O6. The summed E-state index contributed by atoms with van der Waals surface area (Å²) in [6, 6.07) is 0. The fourth-order valence-electron chi connectivity index (χ4n) is 4.72. The fourth-order valence-corrected chi connectivity index (χ4v) is 4.72. The summed E-state index contributed by atoms with van der Waals surface area (Å²) in [5.74, 6) is -9.93. The summed E-state index contributed by atoms with van der Waals surface area (Å²) in [5.41, 5.74) is -2.91. The van der Waals surface area contributed by atoms with E-state index < -0.39 is 83.6 Å². The lowest BCUT2D eigenvalue weighted by atomic mass is 9.68. The molecule has 1 aliphatic heterocycles. The van der Waals surface area contributed by atoms with Crippen molar-refractivity contribution in [3.05, 3.63) is 0 Å². The molecule has 3 rings (SSSR count). The summed E-state index contributed by atoms with van der Waals surface area (Å²) in [5, 5.41) is 0. The Kier molecular flexibility index (Phi) is 5.34. The lowest BCUT2D eigenvalue weighted by Gasteiger charge is -2.41. The van der Waals surface area contributed by atoms with Crippen LogP contribution in [0.1, 0.15) is 34.1 Å². The predicted molar refractivity (Wildman–Crippen MR) is 89.0 cm³/mol. The molecule has 0 aromatic heterocycles. The molecule has 2 aliphatic carbocycles. The number of alkyl halides is 6. The molecule has 2 bridgehead atoms. The summed E-state index contributed by atoms with van der Waals surface area (Å²) in [4.78, 5) is 36.1. The van der Waals surface area contributed by atoms with Crippen molar-refractivity contribution in [1.82, 2.24) is 0 Å². The molecule has 0 amide bonds. The summed E-state index contributed by atoms with van der Waals surface area (Å²) < 4.78 is 93.0. The highest BCUT2D eigenvalue weighted by Gasteiger charge is 2.73. The van der Waals surface area contributed by atoms with Gasteiger partial charge in [-0.2, -0.15) is 26.3 Å². The maximum Gasteiger partial charge on any atom is 0.490 e. The Labute approximate surface area is 173 Å². The second-order valence-electron chi connectivity index (χ2n) is 9.58. The number of hydrogen-bond acceptors (Lipinski definition) is 6. The molecule has 0 spiro atoms. The van der Waals surface area contributed by atoms with E-state index in [1.54, 1.807) is 0 Å². The van der Waals surface area contributed by atoms with Crippen molar-refractivity contribution in [2.75, 3.05) is 6.61 Å². The topological polar surface area (TPSA) is 78.9 Å². The van der Waals surface area contributed by atoms with Crippen LogP contribution in [0.2, 0.25) is 0 Å². The van der Waals surface area contributed by atoms with Crippen LogP contribution in [0, 0.1) is 34.5 Å². The zero-order valence-electron chi connectivity index (χ0n) is 17.1. The van der Waals surface area contributed by atoms with Crippen LogP contribution in [0.3, 0.4) is 0 Å². The number of esters is 3. The number of carbonyl (C=O) groups is 3. The highest BCUT2D eigenvalue weighted by molar-refractivity contribution is 5.81. The summed E-state index contributed by atoms with van der Waals surface area (Å²) in [6.45, 7) is 4.67. The summed E-state index contributed by atoms with van der Waals surface area (Å²) >= 11 is 0. The average molecular weight is 460 g/mol. The number of hydrogen-bond donors (Lipinski definition) is 0. The molecule has 0 radical (unpaired) electrons. The normalized spacial score (nSPS) is 34.3. The third-order valence-corrected chi connectivity index (χ3v) is 7.00. The Morgan fingerprint density at radius 3 is 2.06 bits per heavy atom. The van der Waals surface area contributed by atoms with Gasteiger partial charge in [0.05, 0.1) is 11.8 Å². The predicted octanol–water partition coefficient (Wildman–Crippen LogP) is 3.43. The zero-order chi connectivity index (χ0) is 23.7. The van der Waals surface area contributed by atoms with E-state index in [0.717, 1.165) is 0 Å². The molecule has 3 aliphatic rings. The van der Waals surface area contributed by atoms with Crippen molar-refractivity contribution in [1.29, 1.82) is 0 Å². The summed E-state index contributed by atoms with van der Waals surface area (Å²) in [6.07, 6.45) is -12.4. The van der Waals surface area contributed by atoms with Gasteiger partial charge in [-0.05, 0) is 18.8 Å². The van der Waals surface area contributed by atoms with Crippen LogP contribution < -0.4 is 0 Å². The number of halogens is 6. The fraction of sp³-hybridized carbons (Fsp3) is 0.842. The van der Waals surface area contributed by atoms with Crippen LogP contribution in [0.4, 0.5) is 26.3 Å². The van der Waals surface area contributed by atoms with Gasteiger partial charge in [0.15, 0.2) is 0 Å². The maximum absolute atomic E-state index is 13.6. The molecular weight excluding hydrogens is 438 g/mol. The van der Waals surface area contributed by atoms with Gasteiger partial charge in [0, 0.05) is 11.8 Å². The summed E-state index contributed by atoms with van der Waals surface area (Å²) in [7, 11) is 0. The third kappa shape index (κ3) is 3.75. The van der Waals surface area contributed by atoms with E-state index in [1.165, 1.54) is 27.7 Å². The quantitative estimate of drug-likeness (QED) is 0.364. The van der Waals surface area contributed by atoms with E-state index in [9.17, 15) is 40.7 Å². The van der Waals surface area contributed by atoms with Gasteiger partial charge in [0.25, 0.3) is 0 Å². The first kappa shape index (κ1) is 23.6. The second kappa shape index (κ2) is 6.99. The van der Waals surface area contributed by atoms with Gasteiger partial charge in [-0.3, -0.25) is 9.59 Å². The van der Waals surface area contributed by atoms with E-state index >= 15 is 0 Å². The van der Waals surface area contributed by atoms with E-state index in [2.05, 4.69) is 4.74 Å². The molecule has 0 aromatic rings. The third-order valence-electron chi connectivity index (χ3n) is 7.00. The van der Waals surface area contributed by atoms with Crippen molar-refractivity contribution in [3.8, 4) is 0 Å². The van der Waals surface area contributed by atoms with E-state index in [4.69, 9.17) is 9.47 Å². The molecule has 1 saturated heterocycles. The Morgan fingerprint density at radius 1 is 1.00 bits per heavy atom. The highest BCUT2D eigenvalue weighted by Crippen LogP contribution is 2.62. The second-order valence-corrected chi connectivity index (χ2v) is 9.58. The van der Waals surface area contributed by atoms with Gasteiger partial charge in [-0.1, -0.05) is 20.8 Å². The molecule has 176 valence electrons. The Bertz CT molecular complexity index is 784. The van der Waals surface area contributed by atoms with Crippen LogP contribution in [0.15, 0.2) is 0 Å². The smallest absolute Gasteiger partial charge is 0.458 e. The largest absolute Gasteiger partial charge is 0.490 e. The van der Waals surface area contributed by atoms with Gasteiger partial charge >= 0.3 is 30.3 Å². The van der Waals surface area contributed by atoms with Crippen LogP contribution in [0.5, 0.6) is 0 Å². The van der Waals surface area contributed by atoms with Crippen molar-refractivity contribution >= 4 is 17.9 Å². The number of fused-ring (bicyclic) bond motifs is 1. The van der Waals surface area contributed by atoms with Crippen LogP contribution >= 0.6 is 0 Å². The van der Waals surface area contributed by atoms with Crippen LogP contribution in [-0.2, 0) is 28.6 Å². The van der Waals surface area contributed by atoms with Gasteiger partial charge in [0.1, 0.15) is 24.2 Å². The standard InChI is InChI=1S/C19H22F6O6/c1-16(2,3)17(4,6-29-15(28)19(23,24)25)14(27)31-12-8-5-7-9(10(8)18(20,21)22)13(26)30-11(7)12/h7-12H,5-6H2,1-4H3. The van der Waals surface area contributed by atoms with Crippen molar-refractivity contribution in [2.45, 2.75) is 58.7 Å². The monoisotopic (exact) mass is 460 g/mol. The number of carbonyl (C=O) groups excluding carboxylic acids is 3. The molecule has 6 nitrogen and oxygen atoms in total. The molecule has 7 unspecified atom stereocenters. The average Bonchev–Trinajstić information content (AvgIpc) is 3.20. The van der Waals surface area contributed by atoms with Gasteiger partial charge in [-0.25, -0.2) is 4.79 Å². The van der Waals surface area contributed by atoms with Gasteiger partial charge in [-0.15, -0.1) is 0 Å². The Morgan fingerprint density at radius 2 is 1.58 bits per heavy atom. The van der Waals surface area contributed by atoms with Gasteiger partial charge < -0.3 is 14.2 Å². The Hall–Kier alpha value is -2.01. The van der Waals surface area contributed by atoms with E-state index in [-0.39, 0.29) is 6.42 Å². The minimum Gasteiger partial charge on any atom is -0.458 e. The first-order chi connectivity index (χ1) is 13.9. The van der Waals surface area contributed by atoms with Crippen LogP contribution in [0.25, 0.3) is 0 Å². The van der Waals surface area contributed by atoms with E-state index in [1.807, 2.05) is 0 Å².